The molecule has 1 aromatic rings. The molecule has 1 aliphatic heterocycles. The summed E-state index contributed by atoms with van der Waals surface area (Å²) in [5.41, 5.74) is 1.14. The van der Waals surface area contributed by atoms with Gasteiger partial charge in [0, 0.05) is 25.3 Å². The predicted octanol–water partition coefficient (Wildman–Crippen LogP) is 1.81. The third kappa shape index (κ3) is 3.15. The monoisotopic (exact) mass is 311 g/mol. The number of sulfone groups is 1. The summed E-state index contributed by atoms with van der Waals surface area (Å²) >= 11 is 0. The first kappa shape index (κ1) is 14.6. The van der Waals surface area contributed by atoms with Crippen LogP contribution in [-0.4, -0.2) is 43.8 Å². The van der Waals surface area contributed by atoms with E-state index in [0.29, 0.717) is 12.3 Å². The summed E-state index contributed by atoms with van der Waals surface area (Å²) < 4.78 is 28.7. The Morgan fingerprint density at radius 3 is 2.81 bits per heavy atom. The van der Waals surface area contributed by atoms with Crippen molar-refractivity contribution in [1.82, 2.24) is 4.90 Å². The Labute approximate surface area is 125 Å². The van der Waals surface area contributed by atoms with E-state index < -0.39 is 9.84 Å². The van der Waals surface area contributed by atoms with E-state index in [2.05, 4.69) is 0 Å². The Morgan fingerprint density at radius 1 is 1.33 bits per heavy atom. The number of hydrogen-bond acceptors (Lipinski definition) is 4. The van der Waals surface area contributed by atoms with Crippen molar-refractivity contribution >= 4 is 15.7 Å². The van der Waals surface area contributed by atoms with Crippen LogP contribution in [0.3, 0.4) is 0 Å². The molecule has 0 N–H and O–H groups in total. The fourth-order valence-electron chi connectivity index (χ4n) is 3.36. The number of carbonyl (C=O) groups is 1. The summed E-state index contributed by atoms with van der Waals surface area (Å²) in [6.45, 7) is 0.615. The lowest BCUT2D eigenvalue weighted by Gasteiger charge is -2.23. The van der Waals surface area contributed by atoms with Crippen molar-refractivity contribution < 1.29 is 17.6 Å². The highest BCUT2D eigenvalue weighted by Gasteiger charge is 2.33. The van der Waals surface area contributed by atoms with Crippen LogP contribution in [0.2, 0.25) is 0 Å². The van der Waals surface area contributed by atoms with E-state index in [9.17, 15) is 13.2 Å². The van der Waals surface area contributed by atoms with Crippen LogP contribution in [0.25, 0.3) is 0 Å². The first-order valence-corrected chi connectivity index (χ1v) is 9.60. The molecule has 0 bridgehead atoms. The number of likely N-dealkylation sites (tertiary alicyclic amines) is 1. The standard InChI is InChI=1S/C15H21NO4S/c1-21(18,19)10-12-6-4-8-16(12)15(17)14-9-11-5-2-3-7-13(11)20-14/h9,12H,2-8,10H2,1H3/t12-/m1/s1. The Kier molecular flexibility index (Phi) is 3.82. The predicted molar refractivity (Wildman–Crippen MR) is 79.1 cm³/mol. The number of rotatable bonds is 3. The lowest BCUT2D eigenvalue weighted by molar-refractivity contribution is 0.0715. The Hall–Kier alpha value is -1.30. The van der Waals surface area contributed by atoms with E-state index in [1.54, 1.807) is 4.90 Å². The molecule has 1 aromatic heterocycles. The number of hydrogen-bond donors (Lipinski definition) is 0. The zero-order valence-corrected chi connectivity index (χ0v) is 13.1. The van der Waals surface area contributed by atoms with E-state index in [0.717, 1.165) is 49.8 Å². The van der Waals surface area contributed by atoms with Gasteiger partial charge >= 0.3 is 0 Å². The van der Waals surface area contributed by atoms with E-state index in [1.807, 2.05) is 6.07 Å². The van der Waals surface area contributed by atoms with Gasteiger partial charge in [0.05, 0.1) is 5.75 Å². The number of aryl methyl sites for hydroxylation is 2. The summed E-state index contributed by atoms with van der Waals surface area (Å²) in [5.74, 6) is 1.19. The van der Waals surface area contributed by atoms with Gasteiger partial charge in [0.1, 0.15) is 15.6 Å². The number of amides is 1. The van der Waals surface area contributed by atoms with Crippen LogP contribution in [0.1, 0.15) is 47.6 Å². The molecular formula is C15H21NO4S. The van der Waals surface area contributed by atoms with Crippen LogP contribution < -0.4 is 0 Å². The molecule has 1 fully saturated rings. The van der Waals surface area contributed by atoms with E-state index >= 15 is 0 Å². The van der Waals surface area contributed by atoms with Crippen LogP contribution in [0.4, 0.5) is 0 Å². The number of fused-ring (bicyclic) bond motifs is 1. The summed E-state index contributed by atoms with van der Waals surface area (Å²) in [6, 6.07) is 1.64. The molecule has 0 unspecified atom stereocenters. The first-order valence-electron chi connectivity index (χ1n) is 7.54. The molecule has 0 aromatic carbocycles. The van der Waals surface area contributed by atoms with Gasteiger partial charge in [-0.2, -0.15) is 0 Å². The lowest BCUT2D eigenvalue weighted by atomic mass is 9.99. The van der Waals surface area contributed by atoms with Gasteiger partial charge in [-0.05, 0) is 43.7 Å². The largest absolute Gasteiger partial charge is 0.456 e. The minimum absolute atomic E-state index is 0.0408. The SMILES string of the molecule is CS(=O)(=O)C[C@H]1CCCN1C(=O)c1cc2c(o1)CCCC2. The summed E-state index contributed by atoms with van der Waals surface area (Å²) in [6.07, 6.45) is 6.94. The quantitative estimate of drug-likeness (QED) is 0.854. The molecule has 1 saturated heterocycles. The molecular weight excluding hydrogens is 290 g/mol. The third-order valence-electron chi connectivity index (χ3n) is 4.34. The topological polar surface area (TPSA) is 67.6 Å². The average Bonchev–Trinajstić information content (AvgIpc) is 3.01. The van der Waals surface area contributed by atoms with Gasteiger partial charge in [-0.25, -0.2) is 8.42 Å². The zero-order valence-electron chi connectivity index (χ0n) is 12.3. The molecule has 0 radical (unpaired) electrons. The number of nitrogens with zero attached hydrogens (tertiary/aromatic N) is 1. The molecule has 2 aliphatic rings. The highest BCUT2D eigenvalue weighted by atomic mass is 32.2. The minimum atomic E-state index is -3.08. The maximum absolute atomic E-state index is 12.6. The van der Waals surface area contributed by atoms with Gasteiger partial charge in [-0.1, -0.05) is 0 Å². The second-order valence-electron chi connectivity index (χ2n) is 6.15. The highest BCUT2D eigenvalue weighted by molar-refractivity contribution is 7.90. The maximum Gasteiger partial charge on any atom is 0.289 e. The number of carbonyl (C=O) groups excluding carboxylic acids is 1. The van der Waals surface area contributed by atoms with E-state index in [4.69, 9.17) is 4.42 Å². The molecule has 0 spiro atoms. The molecule has 21 heavy (non-hydrogen) atoms. The van der Waals surface area contributed by atoms with Crippen LogP contribution in [-0.2, 0) is 22.7 Å². The Balaban J connectivity index is 1.79. The fraction of sp³-hybridized carbons (Fsp3) is 0.667. The van der Waals surface area contributed by atoms with Gasteiger partial charge in [-0.3, -0.25) is 4.79 Å². The van der Waals surface area contributed by atoms with Crippen LogP contribution >= 0.6 is 0 Å². The molecule has 5 nitrogen and oxygen atoms in total. The molecule has 1 atom stereocenters. The van der Waals surface area contributed by atoms with Gasteiger partial charge in [0.15, 0.2) is 5.76 Å². The molecule has 6 heteroatoms. The van der Waals surface area contributed by atoms with Crippen molar-refractivity contribution in [2.24, 2.45) is 0 Å². The number of furan rings is 1. The fourth-order valence-corrected chi connectivity index (χ4v) is 4.41. The molecule has 116 valence electrons. The molecule has 3 rings (SSSR count). The van der Waals surface area contributed by atoms with Crippen molar-refractivity contribution in [2.75, 3.05) is 18.6 Å². The third-order valence-corrected chi connectivity index (χ3v) is 5.33. The van der Waals surface area contributed by atoms with E-state index in [1.165, 1.54) is 6.26 Å². The Bertz CT molecular complexity index is 623. The minimum Gasteiger partial charge on any atom is -0.456 e. The normalized spacial score (nSPS) is 22.3. The van der Waals surface area contributed by atoms with Crippen molar-refractivity contribution in [3.05, 3.63) is 23.2 Å². The Morgan fingerprint density at radius 2 is 2.10 bits per heavy atom. The maximum atomic E-state index is 12.6. The van der Waals surface area contributed by atoms with Gasteiger partial charge in [0.2, 0.25) is 0 Å². The molecule has 2 heterocycles. The second kappa shape index (κ2) is 5.48. The van der Waals surface area contributed by atoms with Crippen molar-refractivity contribution in [3.63, 3.8) is 0 Å². The van der Waals surface area contributed by atoms with Crippen molar-refractivity contribution in [3.8, 4) is 0 Å². The highest BCUT2D eigenvalue weighted by Crippen LogP contribution is 2.27. The summed E-state index contributed by atoms with van der Waals surface area (Å²) in [4.78, 5) is 14.3. The second-order valence-corrected chi connectivity index (χ2v) is 8.34. The lowest BCUT2D eigenvalue weighted by Crippen LogP contribution is -2.39. The van der Waals surface area contributed by atoms with Crippen molar-refractivity contribution in [1.29, 1.82) is 0 Å². The smallest absolute Gasteiger partial charge is 0.289 e. The average molecular weight is 311 g/mol. The van der Waals surface area contributed by atoms with Gasteiger partial charge in [0.25, 0.3) is 5.91 Å². The molecule has 1 aliphatic carbocycles. The van der Waals surface area contributed by atoms with E-state index in [-0.39, 0.29) is 17.7 Å². The summed E-state index contributed by atoms with van der Waals surface area (Å²) in [5, 5.41) is 0. The van der Waals surface area contributed by atoms with Crippen LogP contribution in [0.5, 0.6) is 0 Å². The van der Waals surface area contributed by atoms with Gasteiger partial charge in [-0.15, -0.1) is 0 Å². The molecule has 1 amide bonds. The van der Waals surface area contributed by atoms with Crippen LogP contribution in [0.15, 0.2) is 10.5 Å². The zero-order chi connectivity index (χ0) is 15.0. The first-order chi connectivity index (χ1) is 9.94. The van der Waals surface area contributed by atoms with Crippen molar-refractivity contribution in [2.45, 2.75) is 44.6 Å². The van der Waals surface area contributed by atoms with Gasteiger partial charge < -0.3 is 9.32 Å². The van der Waals surface area contributed by atoms with Crippen LogP contribution in [0, 0.1) is 0 Å². The summed E-state index contributed by atoms with van der Waals surface area (Å²) in [7, 11) is -3.08. The molecule has 0 saturated carbocycles.